The van der Waals surface area contributed by atoms with Gasteiger partial charge in [-0.05, 0) is 19.9 Å². The Morgan fingerprint density at radius 1 is 1.64 bits per heavy atom. The van der Waals surface area contributed by atoms with Crippen molar-refractivity contribution in [2.75, 3.05) is 0 Å². The van der Waals surface area contributed by atoms with Gasteiger partial charge in [0, 0.05) is 5.56 Å². The molecule has 0 aromatic carbocycles. The fraction of sp³-hybridized carbons (Fsp3) is 0.375. The van der Waals surface area contributed by atoms with E-state index in [1.54, 1.807) is 13.8 Å². The SMILES string of the molecule is CC(C)(O)c1coc(C=O)c1. The summed E-state index contributed by atoms with van der Waals surface area (Å²) >= 11 is 0. The molecule has 0 radical (unpaired) electrons. The molecule has 0 aliphatic rings. The van der Waals surface area contributed by atoms with Crippen LogP contribution in [0.2, 0.25) is 0 Å². The smallest absolute Gasteiger partial charge is 0.185 e. The summed E-state index contributed by atoms with van der Waals surface area (Å²) in [5, 5.41) is 9.42. The average Bonchev–Trinajstić information content (AvgIpc) is 2.32. The molecule has 0 atom stereocenters. The predicted molar refractivity (Wildman–Crippen MR) is 39.3 cm³/mol. The zero-order valence-corrected chi connectivity index (χ0v) is 6.50. The highest BCUT2D eigenvalue weighted by atomic mass is 16.3. The molecule has 0 unspecified atom stereocenters. The van der Waals surface area contributed by atoms with Crippen molar-refractivity contribution in [1.29, 1.82) is 0 Å². The topological polar surface area (TPSA) is 50.4 Å². The highest BCUT2D eigenvalue weighted by Crippen LogP contribution is 2.20. The lowest BCUT2D eigenvalue weighted by atomic mass is 10.0. The van der Waals surface area contributed by atoms with Crippen molar-refractivity contribution in [3.63, 3.8) is 0 Å². The average molecular weight is 154 g/mol. The normalized spacial score (nSPS) is 11.5. The van der Waals surface area contributed by atoms with Crippen LogP contribution in [0.5, 0.6) is 0 Å². The number of hydrogen-bond acceptors (Lipinski definition) is 3. The summed E-state index contributed by atoms with van der Waals surface area (Å²) in [5.74, 6) is 0.238. The number of carbonyl (C=O) groups is 1. The van der Waals surface area contributed by atoms with E-state index in [2.05, 4.69) is 0 Å². The second-order valence-electron chi connectivity index (χ2n) is 2.91. The summed E-state index contributed by atoms with van der Waals surface area (Å²) in [6.45, 7) is 3.26. The third-order valence-electron chi connectivity index (χ3n) is 1.44. The second kappa shape index (κ2) is 2.51. The maximum atomic E-state index is 10.2. The minimum Gasteiger partial charge on any atom is -0.461 e. The fourth-order valence-corrected chi connectivity index (χ4v) is 0.735. The van der Waals surface area contributed by atoms with Crippen molar-refractivity contribution in [3.8, 4) is 0 Å². The van der Waals surface area contributed by atoms with Crippen LogP contribution in [0.15, 0.2) is 16.7 Å². The van der Waals surface area contributed by atoms with Crippen molar-refractivity contribution in [2.24, 2.45) is 0 Å². The second-order valence-corrected chi connectivity index (χ2v) is 2.91. The van der Waals surface area contributed by atoms with Crippen LogP contribution in [0, 0.1) is 0 Å². The quantitative estimate of drug-likeness (QED) is 0.653. The minimum atomic E-state index is -0.940. The van der Waals surface area contributed by atoms with E-state index >= 15 is 0 Å². The van der Waals surface area contributed by atoms with Crippen molar-refractivity contribution in [3.05, 3.63) is 23.7 Å². The minimum absolute atomic E-state index is 0.238. The molecule has 11 heavy (non-hydrogen) atoms. The number of rotatable bonds is 2. The van der Waals surface area contributed by atoms with Gasteiger partial charge >= 0.3 is 0 Å². The van der Waals surface area contributed by atoms with Gasteiger partial charge in [-0.1, -0.05) is 0 Å². The van der Waals surface area contributed by atoms with Crippen LogP contribution in [0.4, 0.5) is 0 Å². The molecule has 3 heteroatoms. The molecule has 1 aromatic heterocycles. The Bertz CT molecular complexity index is 255. The van der Waals surface area contributed by atoms with Gasteiger partial charge in [-0.25, -0.2) is 0 Å². The summed E-state index contributed by atoms with van der Waals surface area (Å²) in [7, 11) is 0. The standard InChI is InChI=1S/C8H10O3/c1-8(2,10)6-3-7(4-9)11-5-6/h3-5,10H,1-2H3. The summed E-state index contributed by atoms with van der Waals surface area (Å²) in [5.41, 5.74) is -0.329. The lowest BCUT2D eigenvalue weighted by Crippen LogP contribution is -2.13. The number of hydrogen-bond donors (Lipinski definition) is 1. The number of carbonyl (C=O) groups excluding carboxylic acids is 1. The first-order valence-corrected chi connectivity index (χ1v) is 3.30. The van der Waals surface area contributed by atoms with Gasteiger partial charge in [0.15, 0.2) is 12.0 Å². The van der Waals surface area contributed by atoms with Gasteiger partial charge in [0.25, 0.3) is 0 Å². The molecule has 0 fully saturated rings. The molecule has 1 N–H and O–H groups in total. The van der Waals surface area contributed by atoms with Gasteiger partial charge in [-0.2, -0.15) is 0 Å². The summed E-state index contributed by atoms with van der Waals surface area (Å²) < 4.78 is 4.81. The van der Waals surface area contributed by atoms with Crippen LogP contribution in [-0.4, -0.2) is 11.4 Å². The Kier molecular flexibility index (Phi) is 1.83. The van der Waals surface area contributed by atoms with Crippen LogP contribution >= 0.6 is 0 Å². The maximum Gasteiger partial charge on any atom is 0.185 e. The first kappa shape index (κ1) is 8.01. The number of aliphatic hydroxyl groups is 1. The van der Waals surface area contributed by atoms with Crippen LogP contribution in [0.25, 0.3) is 0 Å². The van der Waals surface area contributed by atoms with Gasteiger partial charge in [-0.15, -0.1) is 0 Å². The van der Waals surface area contributed by atoms with E-state index in [1.165, 1.54) is 12.3 Å². The largest absolute Gasteiger partial charge is 0.461 e. The first-order chi connectivity index (χ1) is 5.04. The van der Waals surface area contributed by atoms with Crippen molar-refractivity contribution < 1.29 is 14.3 Å². The van der Waals surface area contributed by atoms with Gasteiger partial charge in [-0.3, -0.25) is 4.79 Å². The van der Waals surface area contributed by atoms with Crippen LogP contribution in [-0.2, 0) is 5.60 Å². The van der Waals surface area contributed by atoms with Crippen LogP contribution < -0.4 is 0 Å². The monoisotopic (exact) mass is 154 g/mol. The molecule has 1 rings (SSSR count). The zero-order valence-electron chi connectivity index (χ0n) is 6.50. The first-order valence-electron chi connectivity index (χ1n) is 3.30. The third kappa shape index (κ3) is 1.68. The molecule has 3 nitrogen and oxygen atoms in total. The third-order valence-corrected chi connectivity index (χ3v) is 1.44. The highest BCUT2D eigenvalue weighted by molar-refractivity contribution is 5.70. The highest BCUT2D eigenvalue weighted by Gasteiger charge is 2.18. The van der Waals surface area contributed by atoms with Crippen molar-refractivity contribution in [1.82, 2.24) is 0 Å². The molecule has 0 bridgehead atoms. The van der Waals surface area contributed by atoms with E-state index in [-0.39, 0.29) is 5.76 Å². The van der Waals surface area contributed by atoms with E-state index in [0.29, 0.717) is 11.8 Å². The van der Waals surface area contributed by atoms with Crippen molar-refractivity contribution >= 4 is 6.29 Å². The fourth-order valence-electron chi connectivity index (χ4n) is 0.735. The van der Waals surface area contributed by atoms with E-state index < -0.39 is 5.60 Å². The predicted octanol–water partition coefficient (Wildman–Crippen LogP) is 1.32. The zero-order chi connectivity index (χ0) is 8.48. The lowest BCUT2D eigenvalue weighted by Gasteiger charge is -2.13. The van der Waals surface area contributed by atoms with Gasteiger partial charge < -0.3 is 9.52 Å². The van der Waals surface area contributed by atoms with Gasteiger partial charge in [0.05, 0.1) is 11.9 Å². The summed E-state index contributed by atoms with van der Waals surface area (Å²) in [6.07, 6.45) is 1.99. The van der Waals surface area contributed by atoms with E-state index in [4.69, 9.17) is 4.42 Å². The molecule has 1 aromatic rings. The molecule has 0 aliphatic heterocycles. The lowest BCUT2D eigenvalue weighted by molar-refractivity contribution is 0.0779. The summed E-state index contributed by atoms with van der Waals surface area (Å²) in [6, 6.07) is 1.52. The number of aldehydes is 1. The molecular formula is C8H10O3. The van der Waals surface area contributed by atoms with Gasteiger partial charge in [0.2, 0.25) is 0 Å². The Morgan fingerprint density at radius 2 is 2.27 bits per heavy atom. The number of furan rings is 1. The maximum absolute atomic E-state index is 10.2. The Labute approximate surface area is 64.6 Å². The van der Waals surface area contributed by atoms with E-state index in [9.17, 15) is 9.90 Å². The van der Waals surface area contributed by atoms with E-state index in [1.807, 2.05) is 0 Å². The molecule has 1 heterocycles. The molecular weight excluding hydrogens is 144 g/mol. The Balaban J connectivity index is 2.98. The van der Waals surface area contributed by atoms with Crippen LogP contribution in [0.3, 0.4) is 0 Å². The Morgan fingerprint density at radius 3 is 2.55 bits per heavy atom. The Hall–Kier alpha value is -1.09. The molecule has 0 saturated carbocycles. The molecule has 60 valence electrons. The molecule has 0 amide bonds. The molecule has 0 spiro atoms. The van der Waals surface area contributed by atoms with E-state index in [0.717, 1.165) is 0 Å². The van der Waals surface area contributed by atoms with Crippen LogP contribution in [0.1, 0.15) is 30.0 Å². The summed E-state index contributed by atoms with van der Waals surface area (Å²) in [4.78, 5) is 10.2. The molecule has 0 saturated heterocycles. The van der Waals surface area contributed by atoms with Crippen molar-refractivity contribution in [2.45, 2.75) is 19.4 Å². The van der Waals surface area contributed by atoms with Gasteiger partial charge in [0.1, 0.15) is 0 Å². The molecule has 0 aliphatic carbocycles.